The van der Waals surface area contributed by atoms with Gasteiger partial charge in [0, 0.05) is 37.8 Å². The Kier molecular flexibility index (Phi) is 3.92. The molecule has 0 spiro atoms. The van der Waals surface area contributed by atoms with Gasteiger partial charge in [0.25, 0.3) is 0 Å². The maximum absolute atomic E-state index is 5.63. The number of rotatable bonds is 2. The summed E-state index contributed by atoms with van der Waals surface area (Å²) in [5, 5.41) is 3.78. The summed E-state index contributed by atoms with van der Waals surface area (Å²) in [6.45, 7) is 7.88. The summed E-state index contributed by atoms with van der Waals surface area (Å²) >= 11 is 0. The lowest BCUT2D eigenvalue weighted by atomic mass is 9.82. The zero-order valence-electron chi connectivity index (χ0n) is 11.8. The van der Waals surface area contributed by atoms with E-state index in [0.717, 1.165) is 31.7 Å². The summed E-state index contributed by atoms with van der Waals surface area (Å²) in [6.07, 6.45) is 8.45. The maximum atomic E-state index is 5.63. The predicted octanol–water partition coefficient (Wildman–Crippen LogP) is 2.02. The standard InChI is InChI=1S/C15H28N2O/c1-15(7-10-18-12-15)17-9-8-16-14(11-17)13-5-3-2-4-6-13/h13-14,16H,2-12H2,1H3. The number of nitrogens with zero attached hydrogens (tertiary/aromatic N) is 1. The zero-order valence-corrected chi connectivity index (χ0v) is 11.8. The van der Waals surface area contributed by atoms with Crippen molar-refractivity contribution in [2.45, 2.75) is 57.0 Å². The van der Waals surface area contributed by atoms with Crippen molar-refractivity contribution in [3.63, 3.8) is 0 Å². The molecule has 1 N–H and O–H groups in total. The van der Waals surface area contributed by atoms with Crippen LogP contribution in [-0.4, -0.2) is 49.3 Å². The first-order chi connectivity index (χ1) is 8.78. The van der Waals surface area contributed by atoms with Gasteiger partial charge in [-0.15, -0.1) is 0 Å². The Bertz CT molecular complexity index is 270. The van der Waals surface area contributed by atoms with Crippen LogP contribution < -0.4 is 5.32 Å². The minimum absolute atomic E-state index is 0.315. The molecule has 104 valence electrons. The van der Waals surface area contributed by atoms with E-state index in [1.54, 1.807) is 0 Å². The molecule has 3 aliphatic rings. The van der Waals surface area contributed by atoms with Gasteiger partial charge in [-0.3, -0.25) is 4.90 Å². The SMILES string of the molecule is CC1(N2CCNC(C3CCCCC3)C2)CCOC1. The van der Waals surface area contributed by atoms with Crippen LogP contribution in [0.2, 0.25) is 0 Å². The number of piperazine rings is 1. The van der Waals surface area contributed by atoms with Crippen LogP contribution in [0, 0.1) is 5.92 Å². The van der Waals surface area contributed by atoms with Crippen LogP contribution in [0.1, 0.15) is 45.4 Å². The minimum Gasteiger partial charge on any atom is -0.379 e. The van der Waals surface area contributed by atoms with Crippen LogP contribution in [0.3, 0.4) is 0 Å². The molecule has 0 aromatic rings. The van der Waals surface area contributed by atoms with E-state index in [1.165, 1.54) is 51.6 Å². The van der Waals surface area contributed by atoms with Crippen molar-refractivity contribution < 1.29 is 4.74 Å². The Balaban J connectivity index is 1.60. The van der Waals surface area contributed by atoms with Crippen molar-refractivity contribution in [1.82, 2.24) is 10.2 Å². The molecule has 2 unspecified atom stereocenters. The Morgan fingerprint density at radius 2 is 2.06 bits per heavy atom. The Morgan fingerprint density at radius 3 is 2.78 bits per heavy atom. The van der Waals surface area contributed by atoms with Crippen LogP contribution in [-0.2, 0) is 4.74 Å². The molecule has 0 aromatic carbocycles. The summed E-state index contributed by atoms with van der Waals surface area (Å²) < 4.78 is 5.63. The molecule has 3 fully saturated rings. The highest BCUT2D eigenvalue weighted by Crippen LogP contribution is 2.31. The quantitative estimate of drug-likeness (QED) is 0.814. The molecule has 2 aliphatic heterocycles. The van der Waals surface area contributed by atoms with Crippen molar-refractivity contribution in [2.24, 2.45) is 5.92 Å². The molecule has 0 radical (unpaired) electrons. The molecule has 0 amide bonds. The second kappa shape index (κ2) is 5.48. The molecular formula is C15H28N2O. The third-order valence-electron chi connectivity index (χ3n) is 5.39. The highest BCUT2D eigenvalue weighted by molar-refractivity contribution is 4.95. The monoisotopic (exact) mass is 252 g/mol. The number of hydrogen-bond donors (Lipinski definition) is 1. The van der Waals surface area contributed by atoms with E-state index in [1.807, 2.05) is 0 Å². The maximum Gasteiger partial charge on any atom is 0.0648 e. The second-order valence-corrected chi connectivity index (χ2v) is 6.70. The third-order valence-corrected chi connectivity index (χ3v) is 5.39. The van der Waals surface area contributed by atoms with Gasteiger partial charge in [-0.1, -0.05) is 19.3 Å². The fraction of sp³-hybridized carbons (Fsp3) is 1.00. The average Bonchev–Trinajstić information content (AvgIpc) is 2.88. The van der Waals surface area contributed by atoms with Crippen molar-refractivity contribution in [3.8, 4) is 0 Å². The van der Waals surface area contributed by atoms with E-state index in [0.29, 0.717) is 5.54 Å². The molecule has 2 saturated heterocycles. The summed E-state index contributed by atoms with van der Waals surface area (Å²) in [4.78, 5) is 2.70. The van der Waals surface area contributed by atoms with Crippen LogP contribution >= 0.6 is 0 Å². The third kappa shape index (κ3) is 2.59. The largest absolute Gasteiger partial charge is 0.379 e. The number of nitrogens with one attached hydrogen (secondary N) is 1. The lowest BCUT2D eigenvalue weighted by Gasteiger charge is -2.45. The Morgan fingerprint density at radius 1 is 1.22 bits per heavy atom. The number of ether oxygens (including phenoxy) is 1. The summed E-state index contributed by atoms with van der Waals surface area (Å²) in [6, 6.07) is 0.733. The van der Waals surface area contributed by atoms with Crippen LogP contribution in [0.4, 0.5) is 0 Å². The Hall–Kier alpha value is -0.120. The molecule has 3 nitrogen and oxygen atoms in total. The van der Waals surface area contributed by atoms with Gasteiger partial charge in [0.05, 0.1) is 6.61 Å². The van der Waals surface area contributed by atoms with Crippen molar-refractivity contribution >= 4 is 0 Å². The van der Waals surface area contributed by atoms with Crippen LogP contribution in [0.15, 0.2) is 0 Å². The van der Waals surface area contributed by atoms with Crippen molar-refractivity contribution in [1.29, 1.82) is 0 Å². The molecule has 3 heteroatoms. The summed E-state index contributed by atoms with van der Waals surface area (Å²) in [5.41, 5.74) is 0.315. The van der Waals surface area contributed by atoms with Crippen molar-refractivity contribution in [3.05, 3.63) is 0 Å². The lowest BCUT2D eigenvalue weighted by Crippen LogP contribution is -2.60. The average molecular weight is 252 g/mol. The number of hydrogen-bond acceptors (Lipinski definition) is 3. The molecule has 2 atom stereocenters. The first-order valence-corrected chi connectivity index (χ1v) is 7.84. The Labute approximate surface area is 111 Å². The molecule has 0 bridgehead atoms. The second-order valence-electron chi connectivity index (χ2n) is 6.70. The molecule has 1 aliphatic carbocycles. The smallest absolute Gasteiger partial charge is 0.0648 e. The predicted molar refractivity (Wildman–Crippen MR) is 73.8 cm³/mol. The van der Waals surface area contributed by atoms with Crippen LogP contribution in [0.5, 0.6) is 0 Å². The van der Waals surface area contributed by atoms with Gasteiger partial charge in [-0.25, -0.2) is 0 Å². The van der Waals surface area contributed by atoms with E-state index in [4.69, 9.17) is 4.74 Å². The van der Waals surface area contributed by atoms with Gasteiger partial charge in [0.15, 0.2) is 0 Å². The van der Waals surface area contributed by atoms with E-state index in [2.05, 4.69) is 17.1 Å². The minimum atomic E-state index is 0.315. The zero-order chi connectivity index (χ0) is 12.4. The van der Waals surface area contributed by atoms with Crippen molar-refractivity contribution in [2.75, 3.05) is 32.8 Å². The molecule has 3 rings (SSSR count). The first-order valence-electron chi connectivity index (χ1n) is 7.84. The fourth-order valence-electron chi connectivity index (χ4n) is 4.03. The topological polar surface area (TPSA) is 24.5 Å². The molecule has 0 aromatic heterocycles. The van der Waals surface area contributed by atoms with E-state index in [-0.39, 0.29) is 0 Å². The van der Waals surface area contributed by atoms with E-state index >= 15 is 0 Å². The van der Waals surface area contributed by atoms with Gasteiger partial charge < -0.3 is 10.1 Å². The normalized spacial score (nSPS) is 40.2. The fourth-order valence-corrected chi connectivity index (χ4v) is 4.03. The molecular weight excluding hydrogens is 224 g/mol. The van der Waals surface area contributed by atoms with Gasteiger partial charge in [0.1, 0.15) is 0 Å². The summed E-state index contributed by atoms with van der Waals surface area (Å²) in [7, 11) is 0. The molecule has 18 heavy (non-hydrogen) atoms. The van der Waals surface area contributed by atoms with Crippen LogP contribution in [0.25, 0.3) is 0 Å². The molecule has 1 saturated carbocycles. The van der Waals surface area contributed by atoms with Gasteiger partial charge in [0.2, 0.25) is 0 Å². The van der Waals surface area contributed by atoms with E-state index in [9.17, 15) is 0 Å². The van der Waals surface area contributed by atoms with Gasteiger partial charge in [-0.2, -0.15) is 0 Å². The highest BCUT2D eigenvalue weighted by atomic mass is 16.5. The lowest BCUT2D eigenvalue weighted by molar-refractivity contribution is 0.0397. The molecule has 2 heterocycles. The summed E-state index contributed by atoms with van der Waals surface area (Å²) in [5.74, 6) is 0.924. The van der Waals surface area contributed by atoms with E-state index < -0.39 is 0 Å². The highest BCUT2D eigenvalue weighted by Gasteiger charge is 2.39. The van der Waals surface area contributed by atoms with Gasteiger partial charge >= 0.3 is 0 Å². The first kappa shape index (κ1) is 12.9. The van der Waals surface area contributed by atoms with Gasteiger partial charge in [-0.05, 0) is 32.1 Å².